The van der Waals surface area contributed by atoms with Crippen molar-refractivity contribution >= 4 is 46.5 Å². The number of hydrogen-bond donors (Lipinski definition) is 1. The fourth-order valence-electron chi connectivity index (χ4n) is 3.03. The molecule has 142 valence electrons. The quantitative estimate of drug-likeness (QED) is 0.803. The minimum atomic E-state index is -0.443. The summed E-state index contributed by atoms with van der Waals surface area (Å²) in [6.45, 7) is 2.59. The van der Waals surface area contributed by atoms with Crippen LogP contribution in [0, 0.1) is 0 Å². The number of amides is 4. The average Bonchev–Trinajstić information content (AvgIpc) is 2.91. The molecule has 2 fully saturated rings. The first-order chi connectivity index (χ1) is 12.9. The fraction of sp³-hybridized carbons (Fsp3) is 0.368. The summed E-state index contributed by atoms with van der Waals surface area (Å²) in [5.41, 5.74) is 1.39. The van der Waals surface area contributed by atoms with Crippen LogP contribution in [-0.4, -0.2) is 52.4 Å². The van der Waals surface area contributed by atoms with Gasteiger partial charge in [-0.25, -0.2) is 0 Å². The second kappa shape index (κ2) is 8.39. The standard InChI is InChI=1S/C19H21N3O4S/c1-13(23)20-15-7-5-14(6-8-15)11-16-18(25)22(19(26)27-16)12-17(24)21-9-3-2-4-10-21/h5-8,11H,2-4,9-10,12H2,1H3,(H,20,23)/b16-11-. The predicted molar refractivity (Wildman–Crippen MR) is 104 cm³/mol. The number of carbonyl (C=O) groups excluding carboxylic acids is 4. The lowest BCUT2D eigenvalue weighted by Crippen LogP contribution is -2.44. The average molecular weight is 387 g/mol. The van der Waals surface area contributed by atoms with Gasteiger partial charge in [0.05, 0.1) is 4.91 Å². The zero-order chi connectivity index (χ0) is 19.4. The Hall–Kier alpha value is -2.61. The van der Waals surface area contributed by atoms with Gasteiger partial charge in [0.15, 0.2) is 0 Å². The van der Waals surface area contributed by atoms with E-state index in [1.807, 2.05) is 0 Å². The van der Waals surface area contributed by atoms with Crippen LogP contribution in [0.2, 0.25) is 0 Å². The van der Waals surface area contributed by atoms with E-state index in [1.165, 1.54) is 6.92 Å². The maximum absolute atomic E-state index is 12.5. The van der Waals surface area contributed by atoms with Gasteiger partial charge in [0.25, 0.3) is 11.1 Å². The highest BCUT2D eigenvalue weighted by molar-refractivity contribution is 8.18. The number of nitrogens with zero attached hydrogens (tertiary/aromatic N) is 2. The first-order valence-electron chi connectivity index (χ1n) is 8.85. The summed E-state index contributed by atoms with van der Waals surface area (Å²) in [6.07, 6.45) is 4.65. The molecule has 0 aliphatic carbocycles. The maximum Gasteiger partial charge on any atom is 0.294 e. The molecular formula is C19H21N3O4S. The van der Waals surface area contributed by atoms with Crippen molar-refractivity contribution in [1.29, 1.82) is 0 Å². The van der Waals surface area contributed by atoms with Gasteiger partial charge < -0.3 is 10.2 Å². The van der Waals surface area contributed by atoms with Crippen LogP contribution in [0.3, 0.4) is 0 Å². The molecule has 0 saturated carbocycles. The number of imide groups is 1. The molecular weight excluding hydrogens is 366 g/mol. The van der Waals surface area contributed by atoms with Crippen LogP contribution in [0.4, 0.5) is 10.5 Å². The van der Waals surface area contributed by atoms with Crippen molar-refractivity contribution in [2.24, 2.45) is 0 Å². The first-order valence-corrected chi connectivity index (χ1v) is 9.66. The van der Waals surface area contributed by atoms with E-state index < -0.39 is 11.1 Å². The molecule has 0 bridgehead atoms. The van der Waals surface area contributed by atoms with Crippen LogP contribution in [0.5, 0.6) is 0 Å². The zero-order valence-electron chi connectivity index (χ0n) is 15.1. The van der Waals surface area contributed by atoms with E-state index in [-0.39, 0.29) is 18.4 Å². The predicted octanol–water partition coefficient (Wildman–Crippen LogP) is 2.69. The molecule has 1 aromatic carbocycles. The Morgan fingerprint density at radius 2 is 1.78 bits per heavy atom. The van der Waals surface area contributed by atoms with Crippen LogP contribution in [0.25, 0.3) is 6.08 Å². The molecule has 7 nitrogen and oxygen atoms in total. The van der Waals surface area contributed by atoms with Gasteiger partial charge in [0.2, 0.25) is 11.8 Å². The smallest absolute Gasteiger partial charge is 0.294 e. The third-order valence-electron chi connectivity index (χ3n) is 4.40. The molecule has 1 N–H and O–H groups in total. The van der Waals surface area contributed by atoms with Gasteiger partial charge in [-0.2, -0.15) is 0 Å². The van der Waals surface area contributed by atoms with Gasteiger partial charge in [0, 0.05) is 25.7 Å². The van der Waals surface area contributed by atoms with E-state index >= 15 is 0 Å². The Morgan fingerprint density at radius 1 is 1.11 bits per heavy atom. The number of anilines is 1. The van der Waals surface area contributed by atoms with Crippen molar-refractivity contribution in [2.45, 2.75) is 26.2 Å². The summed E-state index contributed by atoms with van der Waals surface area (Å²) in [5, 5.41) is 2.24. The number of likely N-dealkylation sites (tertiary alicyclic amines) is 1. The summed E-state index contributed by atoms with van der Waals surface area (Å²) >= 11 is 0.838. The molecule has 2 saturated heterocycles. The maximum atomic E-state index is 12.5. The van der Waals surface area contributed by atoms with E-state index in [2.05, 4.69) is 5.32 Å². The van der Waals surface area contributed by atoms with Crippen LogP contribution < -0.4 is 5.32 Å². The van der Waals surface area contributed by atoms with Gasteiger partial charge in [-0.1, -0.05) is 12.1 Å². The SMILES string of the molecule is CC(=O)Nc1ccc(/C=C2\SC(=O)N(CC(=O)N3CCCCC3)C2=O)cc1. The molecule has 4 amide bonds. The Kier molecular flexibility index (Phi) is 5.95. The topological polar surface area (TPSA) is 86.8 Å². The van der Waals surface area contributed by atoms with Crippen molar-refractivity contribution in [1.82, 2.24) is 9.80 Å². The second-order valence-electron chi connectivity index (χ2n) is 6.51. The van der Waals surface area contributed by atoms with Gasteiger partial charge in [-0.3, -0.25) is 24.1 Å². The number of nitrogens with one attached hydrogen (secondary N) is 1. The number of rotatable bonds is 4. The van der Waals surface area contributed by atoms with Crippen LogP contribution in [-0.2, 0) is 14.4 Å². The number of benzene rings is 1. The molecule has 2 aliphatic rings. The molecule has 0 radical (unpaired) electrons. The summed E-state index contributed by atoms with van der Waals surface area (Å²) in [4.78, 5) is 51.2. The minimum Gasteiger partial charge on any atom is -0.341 e. The lowest BCUT2D eigenvalue weighted by Gasteiger charge is -2.27. The summed E-state index contributed by atoms with van der Waals surface area (Å²) in [5.74, 6) is -0.790. The van der Waals surface area contributed by atoms with E-state index in [0.29, 0.717) is 23.7 Å². The Morgan fingerprint density at radius 3 is 2.41 bits per heavy atom. The highest BCUT2D eigenvalue weighted by Crippen LogP contribution is 2.32. The normalized spacial score (nSPS) is 18.9. The van der Waals surface area contributed by atoms with Gasteiger partial charge in [-0.05, 0) is 54.8 Å². The third kappa shape index (κ3) is 4.77. The van der Waals surface area contributed by atoms with E-state index in [9.17, 15) is 19.2 Å². The summed E-state index contributed by atoms with van der Waals surface area (Å²) < 4.78 is 0. The van der Waals surface area contributed by atoms with Crippen LogP contribution >= 0.6 is 11.8 Å². The molecule has 8 heteroatoms. The van der Waals surface area contributed by atoms with E-state index in [4.69, 9.17) is 0 Å². The first kappa shape index (κ1) is 19.2. The zero-order valence-corrected chi connectivity index (χ0v) is 15.9. The number of thioether (sulfide) groups is 1. The minimum absolute atomic E-state index is 0.165. The molecule has 2 aliphatic heterocycles. The Bertz CT molecular complexity index is 798. The molecule has 0 spiro atoms. The summed E-state index contributed by atoms with van der Waals surface area (Å²) in [6, 6.07) is 6.94. The van der Waals surface area contributed by atoms with Gasteiger partial charge in [0.1, 0.15) is 6.54 Å². The van der Waals surface area contributed by atoms with E-state index in [1.54, 1.807) is 35.2 Å². The molecule has 0 atom stereocenters. The molecule has 27 heavy (non-hydrogen) atoms. The monoisotopic (exact) mass is 387 g/mol. The fourth-order valence-corrected chi connectivity index (χ4v) is 3.87. The molecule has 0 unspecified atom stereocenters. The molecule has 3 rings (SSSR count). The van der Waals surface area contributed by atoms with Gasteiger partial charge in [-0.15, -0.1) is 0 Å². The lowest BCUT2D eigenvalue weighted by molar-refractivity contribution is -0.136. The lowest BCUT2D eigenvalue weighted by atomic mass is 10.1. The highest BCUT2D eigenvalue weighted by Gasteiger charge is 2.37. The van der Waals surface area contributed by atoms with Gasteiger partial charge >= 0.3 is 0 Å². The largest absolute Gasteiger partial charge is 0.341 e. The number of hydrogen-bond acceptors (Lipinski definition) is 5. The van der Waals surface area contributed by atoms with Crippen molar-refractivity contribution in [3.8, 4) is 0 Å². The highest BCUT2D eigenvalue weighted by atomic mass is 32.2. The number of carbonyl (C=O) groups is 4. The molecule has 2 heterocycles. The Labute approximate surface area is 161 Å². The number of piperidine rings is 1. The van der Waals surface area contributed by atoms with Crippen molar-refractivity contribution < 1.29 is 19.2 Å². The van der Waals surface area contributed by atoms with Crippen molar-refractivity contribution in [3.05, 3.63) is 34.7 Å². The van der Waals surface area contributed by atoms with E-state index in [0.717, 1.165) is 41.5 Å². The molecule has 1 aromatic rings. The Balaban J connectivity index is 1.66. The summed E-state index contributed by atoms with van der Waals surface area (Å²) in [7, 11) is 0. The van der Waals surface area contributed by atoms with Crippen LogP contribution in [0.1, 0.15) is 31.7 Å². The van der Waals surface area contributed by atoms with Crippen molar-refractivity contribution in [3.63, 3.8) is 0 Å². The second-order valence-corrected chi connectivity index (χ2v) is 7.51. The molecule has 0 aromatic heterocycles. The van der Waals surface area contributed by atoms with Crippen molar-refractivity contribution in [2.75, 3.05) is 25.0 Å². The third-order valence-corrected chi connectivity index (χ3v) is 5.31. The van der Waals surface area contributed by atoms with Crippen LogP contribution in [0.15, 0.2) is 29.2 Å².